The van der Waals surface area contributed by atoms with Crippen molar-refractivity contribution in [1.82, 2.24) is 14.8 Å². The molecule has 1 aliphatic rings. The van der Waals surface area contributed by atoms with Gasteiger partial charge >= 0.3 is 0 Å². The van der Waals surface area contributed by atoms with Crippen LogP contribution in [0.25, 0.3) is 0 Å². The van der Waals surface area contributed by atoms with E-state index in [1.54, 1.807) is 41.4 Å². The van der Waals surface area contributed by atoms with Gasteiger partial charge in [-0.05, 0) is 17.7 Å². The van der Waals surface area contributed by atoms with Gasteiger partial charge in [-0.1, -0.05) is 30.3 Å². The molecule has 2 amide bonds. The number of rotatable bonds is 8. The average Bonchev–Trinajstić information content (AvgIpc) is 2.73. The third-order valence-electron chi connectivity index (χ3n) is 5.47. The van der Waals surface area contributed by atoms with Gasteiger partial charge in [-0.3, -0.25) is 14.6 Å². The molecule has 0 unspecified atom stereocenters. The molecular weight excluding hydrogens is 370 g/mol. The number of amides is 2. The molecule has 0 saturated carbocycles. The first kappa shape index (κ1) is 21.0. The summed E-state index contributed by atoms with van der Waals surface area (Å²) in [5.74, 6) is -0.281. The standard InChI is InChI=1S/C22H27N3O4/c1-16(27)25-19(21(20(25)15-26)17-6-4-3-5-7-17)14-24(12-13-29-2)22(28)18-8-10-23-11-9-18/h3-11,19-21,26H,12-15H2,1-2H3/t19-,20+,21-/m0/s1. The van der Waals surface area contributed by atoms with Crippen molar-refractivity contribution in [1.29, 1.82) is 0 Å². The molecule has 1 aromatic carbocycles. The Balaban J connectivity index is 1.88. The van der Waals surface area contributed by atoms with E-state index in [2.05, 4.69) is 4.98 Å². The zero-order valence-electron chi connectivity index (χ0n) is 16.8. The number of benzene rings is 1. The third-order valence-corrected chi connectivity index (χ3v) is 5.47. The number of nitrogens with zero attached hydrogens (tertiary/aromatic N) is 3. The molecule has 29 heavy (non-hydrogen) atoms. The minimum Gasteiger partial charge on any atom is -0.394 e. The van der Waals surface area contributed by atoms with Crippen LogP contribution in [0, 0.1) is 0 Å². The summed E-state index contributed by atoms with van der Waals surface area (Å²) in [7, 11) is 1.59. The second kappa shape index (κ2) is 9.62. The molecule has 0 radical (unpaired) electrons. The Morgan fingerprint density at radius 1 is 1.14 bits per heavy atom. The number of hydrogen-bond donors (Lipinski definition) is 1. The van der Waals surface area contributed by atoms with Gasteiger partial charge in [-0.15, -0.1) is 0 Å². The second-order valence-corrected chi connectivity index (χ2v) is 7.16. The highest BCUT2D eigenvalue weighted by atomic mass is 16.5. The predicted molar refractivity (Wildman–Crippen MR) is 108 cm³/mol. The summed E-state index contributed by atoms with van der Waals surface area (Å²) in [4.78, 5) is 32.8. The molecule has 1 fully saturated rings. The minimum atomic E-state index is -0.291. The van der Waals surface area contributed by atoms with Crippen LogP contribution in [0.1, 0.15) is 28.8 Å². The van der Waals surface area contributed by atoms with Crippen LogP contribution in [0.15, 0.2) is 54.9 Å². The molecule has 1 N–H and O–H groups in total. The van der Waals surface area contributed by atoms with E-state index in [0.717, 1.165) is 5.56 Å². The number of aliphatic hydroxyl groups excluding tert-OH is 1. The van der Waals surface area contributed by atoms with Gasteiger partial charge < -0.3 is 19.6 Å². The number of pyridine rings is 1. The first-order chi connectivity index (χ1) is 14.1. The third kappa shape index (κ3) is 4.46. The van der Waals surface area contributed by atoms with E-state index in [0.29, 0.717) is 25.3 Å². The largest absolute Gasteiger partial charge is 0.394 e. The van der Waals surface area contributed by atoms with Crippen LogP contribution >= 0.6 is 0 Å². The number of hydrogen-bond acceptors (Lipinski definition) is 5. The maximum absolute atomic E-state index is 13.1. The molecule has 1 saturated heterocycles. The van der Waals surface area contributed by atoms with Crippen molar-refractivity contribution in [3.05, 3.63) is 66.0 Å². The fraction of sp³-hybridized carbons (Fsp3) is 0.409. The molecule has 1 aromatic heterocycles. The van der Waals surface area contributed by atoms with Crippen LogP contribution in [0.2, 0.25) is 0 Å². The Hall–Kier alpha value is -2.77. The normalized spacial score (nSPS) is 20.8. The van der Waals surface area contributed by atoms with Crippen molar-refractivity contribution >= 4 is 11.8 Å². The van der Waals surface area contributed by atoms with Crippen molar-refractivity contribution in [2.75, 3.05) is 33.4 Å². The minimum absolute atomic E-state index is 0.0413. The van der Waals surface area contributed by atoms with E-state index in [-0.39, 0.29) is 36.4 Å². The summed E-state index contributed by atoms with van der Waals surface area (Å²) in [6.07, 6.45) is 3.17. The van der Waals surface area contributed by atoms with Crippen molar-refractivity contribution in [2.45, 2.75) is 24.9 Å². The predicted octanol–water partition coefficient (Wildman–Crippen LogP) is 1.55. The van der Waals surface area contributed by atoms with Crippen molar-refractivity contribution in [2.24, 2.45) is 0 Å². The van der Waals surface area contributed by atoms with Crippen LogP contribution in [0.4, 0.5) is 0 Å². The van der Waals surface area contributed by atoms with Crippen molar-refractivity contribution in [3.63, 3.8) is 0 Å². The first-order valence-corrected chi connectivity index (χ1v) is 9.71. The summed E-state index contributed by atoms with van der Waals surface area (Å²) < 4.78 is 5.19. The second-order valence-electron chi connectivity index (χ2n) is 7.16. The molecular formula is C22H27N3O4. The van der Waals surface area contributed by atoms with Gasteiger partial charge in [0, 0.05) is 51.0 Å². The van der Waals surface area contributed by atoms with Crippen LogP contribution in [0.3, 0.4) is 0 Å². The topological polar surface area (TPSA) is 83.0 Å². The van der Waals surface area contributed by atoms with Gasteiger partial charge in [0.15, 0.2) is 0 Å². The number of aromatic nitrogens is 1. The van der Waals surface area contributed by atoms with E-state index >= 15 is 0 Å². The van der Waals surface area contributed by atoms with Crippen molar-refractivity contribution in [3.8, 4) is 0 Å². The van der Waals surface area contributed by atoms with E-state index in [9.17, 15) is 14.7 Å². The summed E-state index contributed by atoms with van der Waals surface area (Å²) in [6.45, 7) is 2.54. The molecule has 3 atom stereocenters. The Morgan fingerprint density at radius 2 is 1.83 bits per heavy atom. The van der Waals surface area contributed by atoms with Gasteiger partial charge in [-0.25, -0.2) is 0 Å². The lowest BCUT2D eigenvalue weighted by molar-refractivity contribution is -0.149. The molecule has 2 aromatic rings. The average molecular weight is 397 g/mol. The van der Waals surface area contributed by atoms with Crippen molar-refractivity contribution < 1.29 is 19.4 Å². The first-order valence-electron chi connectivity index (χ1n) is 9.71. The Labute approximate surface area is 170 Å². The fourth-order valence-electron chi connectivity index (χ4n) is 4.12. The zero-order valence-corrected chi connectivity index (χ0v) is 16.8. The quantitative estimate of drug-likeness (QED) is 0.731. The number of likely N-dealkylation sites (tertiary alicyclic amines) is 1. The molecule has 154 valence electrons. The molecule has 0 spiro atoms. The molecule has 7 nitrogen and oxygen atoms in total. The lowest BCUT2D eigenvalue weighted by Gasteiger charge is -2.55. The maximum atomic E-state index is 13.1. The van der Waals surface area contributed by atoms with Gasteiger partial charge in [0.25, 0.3) is 5.91 Å². The summed E-state index contributed by atoms with van der Waals surface area (Å²) in [6, 6.07) is 12.7. The number of carbonyl (C=O) groups excluding carboxylic acids is 2. The molecule has 1 aliphatic heterocycles. The Bertz CT molecular complexity index is 815. The molecule has 0 aliphatic carbocycles. The number of aliphatic hydroxyl groups is 1. The highest BCUT2D eigenvalue weighted by molar-refractivity contribution is 5.94. The van der Waals surface area contributed by atoms with Crippen LogP contribution in [-0.4, -0.2) is 77.2 Å². The zero-order chi connectivity index (χ0) is 20.8. The molecule has 0 bridgehead atoms. The summed E-state index contributed by atoms with van der Waals surface area (Å²) >= 11 is 0. The van der Waals surface area contributed by atoms with Crippen LogP contribution in [0.5, 0.6) is 0 Å². The lowest BCUT2D eigenvalue weighted by Crippen LogP contribution is -2.68. The monoisotopic (exact) mass is 397 g/mol. The van der Waals surface area contributed by atoms with Gasteiger partial charge in [0.1, 0.15) is 0 Å². The SMILES string of the molecule is COCCN(C[C@H]1[C@H](c2ccccc2)[C@@H](CO)N1C(C)=O)C(=O)c1ccncc1. The number of carbonyl (C=O) groups is 2. The summed E-state index contributed by atoms with van der Waals surface area (Å²) in [5.41, 5.74) is 1.59. The maximum Gasteiger partial charge on any atom is 0.254 e. The van der Waals surface area contributed by atoms with Gasteiger partial charge in [0.05, 0.1) is 25.3 Å². The molecule has 2 heterocycles. The van der Waals surface area contributed by atoms with E-state index in [1.165, 1.54) is 6.92 Å². The lowest BCUT2D eigenvalue weighted by atomic mass is 9.74. The Morgan fingerprint density at radius 3 is 2.41 bits per heavy atom. The number of ether oxygens (including phenoxy) is 1. The van der Waals surface area contributed by atoms with Crippen LogP contribution < -0.4 is 0 Å². The highest BCUT2D eigenvalue weighted by Crippen LogP contribution is 2.41. The smallest absolute Gasteiger partial charge is 0.254 e. The summed E-state index contributed by atoms with van der Waals surface area (Å²) in [5, 5.41) is 9.92. The van der Waals surface area contributed by atoms with E-state index in [1.807, 2.05) is 30.3 Å². The fourth-order valence-corrected chi connectivity index (χ4v) is 4.12. The number of methoxy groups -OCH3 is 1. The molecule has 3 rings (SSSR count). The van der Waals surface area contributed by atoms with Crippen LogP contribution in [-0.2, 0) is 9.53 Å². The van der Waals surface area contributed by atoms with E-state index < -0.39 is 0 Å². The van der Waals surface area contributed by atoms with E-state index in [4.69, 9.17) is 4.74 Å². The Kier molecular flexibility index (Phi) is 6.95. The highest BCUT2D eigenvalue weighted by Gasteiger charge is 2.50. The molecule has 7 heteroatoms. The van der Waals surface area contributed by atoms with Gasteiger partial charge in [-0.2, -0.15) is 0 Å². The van der Waals surface area contributed by atoms with Gasteiger partial charge in [0.2, 0.25) is 5.91 Å².